The van der Waals surface area contributed by atoms with Gasteiger partial charge in [0.25, 0.3) is 0 Å². The van der Waals surface area contributed by atoms with Gasteiger partial charge in [-0.05, 0) is 41.0 Å². The third-order valence-corrected chi connectivity index (χ3v) is 6.79. The maximum Gasteiger partial charge on any atom is 0.407 e. The zero-order valence-electron chi connectivity index (χ0n) is 19.2. The van der Waals surface area contributed by atoms with Crippen molar-refractivity contribution in [1.29, 1.82) is 0 Å². The largest absolute Gasteiger partial charge is 0.480 e. The summed E-state index contributed by atoms with van der Waals surface area (Å²) in [5.74, 6) is -1.31. The Morgan fingerprint density at radius 1 is 1.09 bits per heavy atom. The van der Waals surface area contributed by atoms with Gasteiger partial charge >= 0.3 is 12.1 Å². The number of carbonyl (C=O) groups is 3. The monoisotopic (exact) mass is 450 g/mol. The number of likely N-dealkylation sites (tertiary alicyclic amines) is 1. The topological polar surface area (TPSA) is 95.9 Å². The maximum atomic E-state index is 12.8. The number of ether oxygens (including phenoxy) is 1. The van der Waals surface area contributed by atoms with Crippen molar-refractivity contribution in [2.24, 2.45) is 5.41 Å². The average molecular weight is 451 g/mol. The van der Waals surface area contributed by atoms with E-state index in [0.29, 0.717) is 13.0 Å². The summed E-state index contributed by atoms with van der Waals surface area (Å²) in [4.78, 5) is 38.3. The smallest absolute Gasteiger partial charge is 0.407 e. The van der Waals surface area contributed by atoms with Crippen molar-refractivity contribution in [3.8, 4) is 11.1 Å². The Bertz CT molecular complexity index is 1030. The van der Waals surface area contributed by atoms with E-state index in [9.17, 15) is 19.5 Å². The van der Waals surface area contributed by atoms with Gasteiger partial charge < -0.3 is 20.1 Å². The van der Waals surface area contributed by atoms with Gasteiger partial charge in [0.05, 0.1) is 0 Å². The van der Waals surface area contributed by atoms with Crippen LogP contribution in [-0.2, 0) is 14.3 Å². The average Bonchev–Trinajstić information content (AvgIpc) is 3.26. The molecular weight excluding hydrogens is 420 g/mol. The minimum Gasteiger partial charge on any atom is -0.480 e. The molecule has 0 saturated carbocycles. The molecule has 2 aliphatic rings. The molecule has 0 bridgehead atoms. The number of carboxylic acids is 1. The number of carbonyl (C=O) groups excluding carboxylic acids is 2. The number of carboxylic acid groups (broad SMARTS) is 1. The van der Waals surface area contributed by atoms with Crippen molar-refractivity contribution in [1.82, 2.24) is 10.2 Å². The Morgan fingerprint density at radius 3 is 2.24 bits per heavy atom. The van der Waals surface area contributed by atoms with E-state index in [1.165, 1.54) is 4.90 Å². The Balaban J connectivity index is 1.33. The summed E-state index contributed by atoms with van der Waals surface area (Å²) < 4.78 is 5.54. The van der Waals surface area contributed by atoms with Gasteiger partial charge in [-0.2, -0.15) is 0 Å². The van der Waals surface area contributed by atoms with E-state index in [1.54, 1.807) is 6.92 Å². The fourth-order valence-corrected chi connectivity index (χ4v) is 5.10. The fourth-order valence-electron chi connectivity index (χ4n) is 5.10. The normalized spacial score (nSPS) is 19.5. The van der Waals surface area contributed by atoms with Crippen LogP contribution in [0.2, 0.25) is 0 Å². The molecule has 2 aromatic carbocycles. The van der Waals surface area contributed by atoms with Crippen LogP contribution < -0.4 is 5.32 Å². The Labute approximate surface area is 193 Å². The van der Waals surface area contributed by atoms with E-state index in [-0.39, 0.29) is 24.9 Å². The summed E-state index contributed by atoms with van der Waals surface area (Å²) >= 11 is 0. The molecule has 4 rings (SSSR count). The van der Waals surface area contributed by atoms with Gasteiger partial charge in [-0.1, -0.05) is 62.4 Å². The molecule has 0 radical (unpaired) electrons. The first-order valence-electron chi connectivity index (χ1n) is 11.3. The minimum atomic E-state index is -0.997. The Morgan fingerprint density at radius 2 is 1.67 bits per heavy atom. The lowest BCUT2D eigenvalue weighted by molar-refractivity contribution is -0.151. The Hall–Kier alpha value is -3.35. The lowest BCUT2D eigenvalue weighted by atomic mass is 9.85. The number of benzene rings is 2. The van der Waals surface area contributed by atoms with Crippen LogP contribution in [0.4, 0.5) is 4.79 Å². The van der Waals surface area contributed by atoms with Gasteiger partial charge in [0, 0.05) is 24.9 Å². The van der Waals surface area contributed by atoms with Crippen LogP contribution in [-0.4, -0.2) is 53.2 Å². The van der Waals surface area contributed by atoms with Crippen LogP contribution in [0.15, 0.2) is 48.5 Å². The molecule has 0 spiro atoms. The van der Waals surface area contributed by atoms with Crippen LogP contribution >= 0.6 is 0 Å². The molecule has 1 fully saturated rings. The fraction of sp³-hybridized carbons (Fsp3) is 0.423. The van der Waals surface area contributed by atoms with Gasteiger partial charge in [-0.3, -0.25) is 4.79 Å². The quantitative estimate of drug-likeness (QED) is 0.693. The third-order valence-electron chi connectivity index (χ3n) is 6.79. The molecule has 7 heteroatoms. The van der Waals surface area contributed by atoms with E-state index in [4.69, 9.17) is 4.74 Å². The molecule has 1 aliphatic heterocycles. The highest BCUT2D eigenvalue weighted by Crippen LogP contribution is 2.44. The van der Waals surface area contributed by atoms with Gasteiger partial charge in [0.1, 0.15) is 12.6 Å². The molecule has 1 saturated heterocycles. The molecule has 33 heavy (non-hydrogen) atoms. The zero-order valence-corrected chi connectivity index (χ0v) is 19.2. The second-order valence-electron chi connectivity index (χ2n) is 9.64. The number of aliphatic carboxylic acids is 1. The van der Waals surface area contributed by atoms with Crippen molar-refractivity contribution in [3.63, 3.8) is 0 Å². The first kappa shape index (κ1) is 22.8. The van der Waals surface area contributed by atoms with Crippen molar-refractivity contribution in [3.05, 3.63) is 59.7 Å². The van der Waals surface area contributed by atoms with Crippen LogP contribution in [0.5, 0.6) is 0 Å². The first-order valence-corrected chi connectivity index (χ1v) is 11.3. The highest BCUT2D eigenvalue weighted by Gasteiger charge is 2.47. The lowest BCUT2D eigenvalue weighted by Gasteiger charge is -2.29. The molecule has 2 atom stereocenters. The van der Waals surface area contributed by atoms with E-state index < -0.39 is 29.6 Å². The third kappa shape index (κ3) is 4.45. The summed E-state index contributed by atoms with van der Waals surface area (Å²) in [5, 5.41) is 12.3. The molecule has 7 nitrogen and oxygen atoms in total. The summed E-state index contributed by atoms with van der Waals surface area (Å²) in [6.07, 6.45) is 0.0576. The van der Waals surface area contributed by atoms with Gasteiger partial charge in [0.15, 0.2) is 0 Å². The number of amides is 2. The molecular formula is C26H30N2O5. The number of hydrogen-bond donors (Lipinski definition) is 2. The Kier molecular flexibility index (Phi) is 6.15. The lowest BCUT2D eigenvalue weighted by Crippen LogP contribution is -2.48. The van der Waals surface area contributed by atoms with E-state index in [0.717, 1.165) is 22.3 Å². The number of rotatable bonds is 6. The molecule has 1 heterocycles. The SMILES string of the molecule is C[C@H](CC(=O)N1CCC(C)(C)C1C(=O)O)NC(=O)OCC1c2ccccc2-c2ccccc21. The summed E-state index contributed by atoms with van der Waals surface area (Å²) in [5.41, 5.74) is 4.09. The molecule has 2 amide bonds. The highest BCUT2D eigenvalue weighted by molar-refractivity contribution is 5.85. The van der Waals surface area contributed by atoms with Gasteiger partial charge in [-0.25, -0.2) is 9.59 Å². The standard InChI is InChI=1S/C26H30N2O5/c1-16(14-22(29)28-13-12-26(2,3)23(28)24(30)31)27-25(32)33-15-21-19-10-6-4-8-17(19)18-9-5-7-11-20(18)21/h4-11,16,21,23H,12-15H2,1-3H3,(H,27,32)(H,30,31)/t16-,23?/m1/s1. The predicted octanol–water partition coefficient (Wildman–Crippen LogP) is 4.02. The number of nitrogens with zero attached hydrogens (tertiary/aromatic N) is 1. The van der Waals surface area contributed by atoms with E-state index >= 15 is 0 Å². The molecule has 174 valence electrons. The summed E-state index contributed by atoms with van der Waals surface area (Å²) in [6.45, 7) is 6.04. The second kappa shape index (κ2) is 8.89. The van der Waals surface area contributed by atoms with Gasteiger partial charge in [-0.15, -0.1) is 0 Å². The predicted molar refractivity (Wildman–Crippen MR) is 124 cm³/mol. The molecule has 0 aromatic heterocycles. The number of nitrogens with one attached hydrogen (secondary N) is 1. The summed E-state index contributed by atoms with van der Waals surface area (Å²) in [7, 11) is 0. The molecule has 1 unspecified atom stereocenters. The zero-order chi connectivity index (χ0) is 23.8. The van der Waals surface area contributed by atoms with E-state index in [1.807, 2.05) is 38.1 Å². The van der Waals surface area contributed by atoms with Crippen molar-refractivity contribution in [2.45, 2.75) is 51.6 Å². The maximum absolute atomic E-state index is 12.8. The molecule has 2 aromatic rings. The first-order chi connectivity index (χ1) is 15.7. The van der Waals surface area contributed by atoms with Crippen LogP contribution in [0.25, 0.3) is 11.1 Å². The molecule has 1 aliphatic carbocycles. The van der Waals surface area contributed by atoms with Crippen molar-refractivity contribution >= 4 is 18.0 Å². The van der Waals surface area contributed by atoms with E-state index in [2.05, 4.69) is 29.6 Å². The van der Waals surface area contributed by atoms with Gasteiger partial charge in [0.2, 0.25) is 5.91 Å². The number of hydrogen-bond acceptors (Lipinski definition) is 4. The van der Waals surface area contributed by atoms with Crippen molar-refractivity contribution < 1.29 is 24.2 Å². The summed E-state index contributed by atoms with van der Waals surface area (Å²) in [6, 6.07) is 14.9. The van der Waals surface area contributed by atoms with Crippen LogP contribution in [0.1, 0.15) is 50.7 Å². The molecule has 2 N–H and O–H groups in total. The van der Waals surface area contributed by atoms with Crippen LogP contribution in [0, 0.1) is 5.41 Å². The van der Waals surface area contributed by atoms with Crippen molar-refractivity contribution in [2.75, 3.05) is 13.2 Å². The number of alkyl carbamates (subject to hydrolysis) is 1. The number of fused-ring (bicyclic) bond motifs is 3. The minimum absolute atomic E-state index is 0.0179. The highest BCUT2D eigenvalue weighted by atomic mass is 16.5. The second-order valence-corrected chi connectivity index (χ2v) is 9.64. The van der Waals surface area contributed by atoms with Crippen LogP contribution in [0.3, 0.4) is 0 Å².